The molecule has 0 saturated carbocycles. The van der Waals surface area contributed by atoms with Gasteiger partial charge in [0, 0.05) is 31.6 Å². The Labute approximate surface area is 181 Å². The van der Waals surface area contributed by atoms with E-state index in [0.29, 0.717) is 0 Å². The second kappa shape index (κ2) is 9.11. The minimum absolute atomic E-state index is 0. The summed E-state index contributed by atoms with van der Waals surface area (Å²) in [7, 11) is 0. The van der Waals surface area contributed by atoms with Crippen LogP contribution in [0.15, 0.2) is 74.2 Å². The number of aromatic amines is 1. The zero-order chi connectivity index (χ0) is 17.9. The molecule has 2 aromatic heterocycles. The Balaban J connectivity index is 0.00000210. The zero-order valence-electron chi connectivity index (χ0n) is 14.5. The van der Waals surface area contributed by atoms with Gasteiger partial charge in [-0.25, -0.2) is 0 Å². The Kier molecular flexibility index (Phi) is 6.82. The lowest BCUT2D eigenvalue weighted by Gasteiger charge is -2.04. The van der Waals surface area contributed by atoms with Crippen LogP contribution in [-0.2, 0) is 13.0 Å². The number of hydrogen-bond donors (Lipinski definition) is 2. The molecule has 0 aliphatic rings. The molecule has 0 unspecified atom stereocenters. The Morgan fingerprint density at radius 3 is 2.70 bits per heavy atom. The van der Waals surface area contributed by atoms with Crippen LogP contribution < -0.4 is 5.32 Å². The van der Waals surface area contributed by atoms with Crippen molar-refractivity contribution in [2.75, 3.05) is 6.54 Å². The molecule has 0 aliphatic heterocycles. The minimum atomic E-state index is 0. The highest BCUT2D eigenvalue weighted by Crippen LogP contribution is 2.31. The van der Waals surface area contributed by atoms with Gasteiger partial charge >= 0.3 is 0 Å². The SMILES string of the molecule is Brc1ccc(-c2ccc(CNCCc3c[nH]c4ccccc34)o2)c(Br)c1.Cl. The smallest absolute Gasteiger partial charge is 0.135 e. The number of halogens is 3. The lowest BCUT2D eigenvalue weighted by Crippen LogP contribution is -2.16. The molecule has 0 saturated heterocycles. The van der Waals surface area contributed by atoms with Crippen LogP contribution in [0.1, 0.15) is 11.3 Å². The number of benzene rings is 2. The highest BCUT2D eigenvalue weighted by molar-refractivity contribution is 9.11. The largest absolute Gasteiger partial charge is 0.460 e. The van der Waals surface area contributed by atoms with Gasteiger partial charge in [0.2, 0.25) is 0 Å². The molecular formula is C21H19Br2ClN2O. The van der Waals surface area contributed by atoms with Gasteiger partial charge in [-0.1, -0.05) is 34.1 Å². The fourth-order valence-corrected chi connectivity index (χ4v) is 4.32. The van der Waals surface area contributed by atoms with Crippen molar-refractivity contribution in [3.8, 4) is 11.3 Å². The molecule has 4 aromatic rings. The van der Waals surface area contributed by atoms with Crippen LogP contribution in [0.2, 0.25) is 0 Å². The van der Waals surface area contributed by atoms with Gasteiger partial charge < -0.3 is 14.7 Å². The first-order valence-corrected chi connectivity index (χ1v) is 10.1. The van der Waals surface area contributed by atoms with E-state index >= 15 is 0 Å². The number of rotatable bonds is 6. The molecule has 0 fully saturated rings. The van der Waals surface area contributed by atoms with Gasteiger partial charge in [0.25, 0.3) is 0 Å². The molecule has 27 heavy (non-hydrogen) atoms. The molecule has 2 heterocycles. The number of H-pyrrole nitrogens is 1. The summed E-state index contributed by atoms with van der Waals surface area (Å²) in [4.78, 5) is 3.32. The fourth-order valence-electron chi connectivity index (χ4n) is 3.08. The van der Waals surface area contributed by atoms with Crippen molar-refractivity contribution in [1.29, 1.82) is 0 Å². The predicted octanol–water partition coefficient (Wildman–Crippen LogP) is 6.71. The number of aromatic nitrogens is 1. The van der Waals surface area contributed by atoms with E-state index in [1.807, 2.05) is 30.3 Å². The normalized spacial score (nSPS) is 10.9. The van der Waals surface area contributed by atoms with Gasteiger partial charge in [-0.05, 0) is 70.9 Å². The van der Waals surface area contributed by atoms with E-state index in [0.717, 1.165) is 45.5 Å². The topological polar surface area (TPSA) is 41.0 Å². The molecule has 0 amide bonds. The standard InChI is InChI=1S/C21H18Br2N2O.ClH/c22-15-5-7-18(19(23)11-15)21-8-6-16(26-21)13-24-10-9-14-12-25-20-4-2-1-3-17(14)20;/h1-8,11-12,24-25H,9-10,13H2;1H. The fraction of sp³-hybridized carbons (Fsp3) is 0.143. The van der Waals surface area contributed by atoms with Gasteiger partial charge in [0.1, 0.15) is 11.5 Å². The van der Waals surface area contributed by atoms with E-state index in [1.54, 1.807) is 0 Å². The Hall–Kier alpha value is -1.53. The molecule has 0 radical (unpaired) electrons. The average molecular weight is 511 g/mol. The third kappa shape index (κ3) is 4.66. The highest BCUT2D eigenvalue weighted by atomic mass is 79.9. The first kappa shape index (κ1) is 20.2. The van der Waals surface area contributed by atoms with Crippen molar-refractivity contribution in [2.45, 2.75) is 13.0 Å². The van der Waals surface area contributed by atoms with Crippen LogP contribution in [0.25, 0.3) is 22.2 Å². The summed E-state index contributed by atoms with van der Waals surface area (Å²) in [5.74, 6) is 1.81. The molecule has 0 bridgehead atoms. The van der Waals surface area contributed by atoms with Crippen molar-refractivity contribution in [2.24, 2.45) is 0 Å². The maximum atomic E-state index is 5.98. The van der Waals surface area contributed by atoms with Crippen molar-refractivity contribution in [3.63, 3.8) is 0 Å². The molecule has 3 nitrogen and oxygen atoms in total. The Morgan fingerprint density at radius 1 is 1.00 bits per heavy atom. The number of furan rings is 1. The van der Waals surface area contributed by atoms with E-state index in [9.17, 15) is 0 Å². The third-order valence-corrected chi connectivity index (χ3v) is 5.55. The summed E-state index contributed by atoms with van der Waals surface area (Å²) in [6, 6.07) is 18.5. The maximum Gasteiger partial charge on any atom is 0.135 e. The van der Waals surface area contributed by atoms with Gasteiger partial charge in [-0.3, -0.25) is 0 Å². The first-order valence-electron chi connectivity index (χ1n) is 8.50. The van der Waals surface area contributed by atoms with Crippen molar-refractivity contribution in [1.82, 2.24) is 10.3 Å². The lowest BCUT2D eigenvalue weighted by molar-refractivity contribution is 0.494. The van der Waals surface area contributed by atoms with Crippen molar-refractivity contribution >= 4 is 55.2 Å². The Bertz CT molecular complexity index is 1040. The Morgan fingerprint density at radius 2 is 1.85 bits per heavy atom. The number of nitrogens with one attached hydrogen (secondary N) is 2. The summed E-state index contributed by atoms with van der Waals surface area (Å²) in [5, 5.41) is 4.77. The van der Waals surface area contributed by atoms with Crippen LogP contribution in [0.4, 0.5) is 0 Å². The summed E-state index contributed by atoms with van der Waals surface area (Å²) in [6.07, 6.45) is 3.08. The maximum absolute atomic E-state index is 5.98. The van der Waals surface area contributed by atoms with Crippen LogP contribution in [0.3, 0.4) is 0 Å². The third-order valence-electron chi connectivity index (χ3n) is 4.40. The molecule has 2 N–H and O–H groups in total. The summed E-state index contributed by atoms with van der Waals surface area (Å²) in [6.45, 7) is 1.62. The molecule has 6 heteroatoms. The van der Waals surface area contributed by atoms with E-state index in [2.05, 4.69) is 72.6 Å². The number of fused-ring (bicyclic) bond motifs is 1. The average Bonchev–Trinajstić information content (AvgIpc) is 3.26. The minimum Gasteiger partial charge on any atom is -0.460 e. The van der Waals surface area contributed by atoms with E-state index in [1.165, 1.54) is 16.5 Å². The van der Waals surface area contributed by atoms with Crippen LogP contribution >= 0.6 is 44.3 Å². The monoisotopic (exact) mass is 508 g/mol. The second-order valence-electron chi connectivity index (χ2n) is 6.18. The molecule has 0 aliphatic carbocycles. The summed E-state index contributed by atoms with van der Waals surface area (Å²) >= 11 is 7.06. The molecule has 140 valence electrons. The number of para-hydroxylation sites is 1. The predicted molar refractivity (Wildman–Crippen MR) is 121 cm³/mol. The highest BCUT2D eigenvalue weighted by Gasteiger charge is 2.09. The van der Waals surface area contributed by atoms with Gasteiger partial charge in [-0.2, -0.15) is 0 Å². The summed E-state index contributed by atoms with van der Waals surface area (Å²) in [5.41, 5.74) is 3.59. The summed E-state index contributed by atoms with van der Waals surface area (Å²) < 4.78 is 8.04. The van der Waals surface area contributed by atoms with E-state index < -0.39 is 0 Å². The van der Waals surface area contributed by atoms with Gasteiger partial charge in [-0.15, -0.1) is 12.4 Å². The second-order valence-corrected chi connectivity index (χ2v) is 7.95. The quantitative estimate of drug-likeness (QED) is 0.283. The molecular weight excluding hydrogens is 492 g/mol. The lowest BCUT2D eigenvalue weighted by atomic mass is 10.1. The van der Waals surface area contributed by atoms with Crippen molar-refractivity contribution < 1.29 is 4.42 Å². The molecule has 0 atom stereocenters. The van der Waals surface area contributed by atoms with Gasteiger partial charge in [0.15, 0.2) is 0 Å². The van der Waals surface area contributed by atoms with Crippen LogP contribution in [0.5, 0.6) is 0 Å². The van der Waals surface area contributed by atoms with Crippen molar-refractivity contribution in [3.05, 3.63) is 81.1 Å². The molecule has 2 aromatic carbocycles. The number of hydrogen-bond acceptors (Lipinski definition) is 2. The van der Waals surface area contributed by atoms with Crippen LogP contribution in [-0.4, -0.2) is 11.5 Å². The molecule has 0 spiro atoms. The van der Waals surface area contributed by atoms with Gasteiger partial charge in [0.05, 0.1) is 6.54 Å². The van der Waals surface area contributed by atoms with Crippen LogP contribution in [0, 0.1) is 0 Å². The zero-order valence-corrected chi connectivity index (χ0v) is 18.5. The van der Waals surface area contributed by atoms with E-state index in [4.69, 9.17) is 4.42 Å². The molecule has 4 rings (SSSR count). The van der Waals surface area contributed by atoms with E-state index in [-0.39, 0.29) is 12.4 Å². The first-order chi connectivity index (χ1) is 12.7.